The van der Waals surface area contributed by atoms with Crippen molar-refractivity contribution >= 4 is 44.4 Å². The van der Waals surface area contributed by atoms with Crippen LogP contribution in [-0.4, -0.2) is 9.97 Å². The Hall–Kier alpha value is -1.88. The fourth-order valence-corrected chi connectivity index (χ4v) is 3.38. The molecule has 0 atom stereocenters. The predicted octanol–water partition coefficient (Wildman–Crippen LogP) is 4.99. The van der Waals surface area contributed by atoms with Gasteiger partial charge in [0, 0.05) is 31.6 Å². The second-order valence-electron chi connectivity index (χ2n) is 4.73. The van der Waals surface area contributed by atoms with Crippen molar-refractivity contribution in [3.63, 3.8) is 0 Å². The molecular formula is C17H11IN2. The molecular weight excluding hydrogens is 359 g/mol. The second kappa shape index (κ2) is 4.59. The summed E-state index contributed by atoms with van der Waals surface area (Å²) in [5.74, 6) is 0. The van der Waals surface area contributed by atoms with E-state index in [0.717, 1.165) is 11.2 Å². The summed E-state index contributed by atoms with van der Waals surface area (Å²) >= 11 is 2.38. The average Bonchev–Trinajstić information content (AvgIpc) is 2.86. The zero-order valence-electron chi connectivity index (χ0n) is 10.6. The zero-order chi connectivity index (χ0) is 13.5. The Balaban J connectivity index is 2.17. The Morgan fingerprint density at radius 3 is 2.55 bits per heavy atom. The topological polar surface area (TPSA) is 28.7 Å². The van der Waals surface area contributed by atoms with Crippen LogP contribution in [0.2, 0.25) is 0 Å². The highest BCUT2D eigenvalue weighted by atomic mass is 127. The Morgan fingerprint density at radius 2 is 1.70 bits per heavy atom. The first kappa shape index (κ1) is 11.9. The van der Waals surface area contributed by atoms with Gasteiger partial charge in [-0.05, 0) is 46.9 Å². The molecule has 0 aliphatic carbocycles. The number of para-hydroxylation sites is 1. The minimum absolute atomic E-state index is 1.01. The van der Waals surface area contributed by atoms with Crippen molar-refractivity contribution in [2.45, 2.75) is 0 Å². The number of rotatable bonds is 1. The highest BCUT2D eigenvalue weighted by Crippen LogP contribution is 2.35. The Kier molecular flexibility index (Phi) is 2.73. The van der Waals surface area contributed by atoms with Crippen LogP contribution in [0.4, 0.5) is 0 Å². The number of aromatic amines is 1. The minimum Gasteiger partial charge on any atom is -0.354 e. The molecule has 2 heterocycles. The lowest BCUT2D eigenvalue weighted by molar-refractivity contribution is 1.32. The molecule has 0 saturated heterocycles. The molecule has 20 heavy (non-hydrogen) atoms. The summed E-state index contributed by atoms with van der Waals surface area (Å²) in [6.45, 7) is 0. The zero-order valence-corrected chi connectivity index (χ0v) is 12.8. The third-order valence-electron chi connectivity index (χ3n) is 3.55. The number of nitrogens with zero attached hydrogens (tertiary/aromatic N) is 1. The summed E-state index contributed by atoms with van der Waals surface area (Å²) in [4.78, 5) is 8.05. The number of aromatic nitrogens is 2. The van der Waals surface area contributed by atoms with E-state index in [9.17, 15) is 0 Å². The van der Waals surface area contributed by atoms with E-state index in [1.807, 2.05) is 18.3 Å². The van der Waals surface area contributed by atoms with Gasteiger partial charge in [-0.15, -0.1) is 0 Å². The summed E-state index contributed by atoms with van der Waals surface area (Å²) in [5.41, 5.74) is 4.52. The van der Waals surface area contributed by atoms with Gasteiger partial charge in [-0.1, -0.05) is 30.3 Å². The Morgan fingerprint density at radius 1 is 0.850 bits per heavy atom. The smallest absolute Gasteiger partial charge is 0.0733 e. The fourth-order valence-electron chi connectivity index (χ4n) is 2.65. The second-order valence-corrected chi connectivity index (χ2v) is 5.89. The molecule has 0 spiro atoms. The fraction of sp³-hybridized carbons (Fsp3) is 0. The first-order chi connectivity index (χ1) is 9.84. The number of nitrogens with one attached hydrogen (secondary N) is 1. The van der Waals surface area contributed by atoms with Gasteiger partial charge in [-0.2, -0.15) is 0 Å². The van der Waals surface area contributed by atoms with Crippen LogP contribution in [-0.2, 0) is 0 Å². The van der Waals surface area contributed by atoms with Gasteiger partial charge in [0.15, 0.2) is 0 Å². The molecule has 0 bridgehead atoms. The standard InChI is InChI=1S/C17H11IN2/c18-13-9-8-12-11-5-1-2-6-14(11)20-17(12)16(13)15-7-3-4-10-19-15/h1-10,20H. The molecule has 4 rings (SSSR count). The Bertz CT molecular complexity index is 910. The van der Waals surface area contributed by atoms with E-state index in [-0.39, 0.29) is 0 Å². The van der Waals surface area contributed by atoms with Gasteiger partial charge in [-0.3, -0.25) is 4.98 Å². The maximum Gasteiger partial charge on any atom is 0.0733 e. The first-order valence-corrected chi connectivity index (χ1v) is 7.53. The number of benzene rings is 2. The van der Waals surface area contributed by atoms with Crippen LogP contribution in [0.3, 0.4) is 0 Å². The molecule has 0 amide bonds. The van der Waals surface area contributed by atoms with Crippen LogP contribution < -0.4 is 0 Å². The van der Waals surface area contributed by atoms with Gasteiger partial charge in [0.2, 0.25) is 0 Å². The lowest BCUT2D eigenvalue weighted by Crippen LogP contribution is -1.87. The van der Waals surface area contributed by atoms with Crippen molar-refractivity contribution < 1.29 is 0 Å². The normalized spacial score (nSPS) is 11.2. The van der Waals surface area contributed by atoms with Crippen molar-refractivity contribution in [2.75, 3.05) is 0 Å². The van der Waals surface area contributed by atoms with Gasteiger partial charge >= 0.3 is 0 Å². The number of fused-ring (bicyclic) bond motifs is 3. The molecule has 0 saturated carbocycles. The molecule has 1 N–H and O–H groups in total. The third kappa shape index (κ3) is 1.73. The van der Waals surface area contributed by atoms with E-state index < -0.39 is 0 Å². The minimum atomic E-state index is 1.01. The number of pyridine rings is 1. The van der Waals surface area contributed by atoms with Crippen molar-refractivity contribution in [3.8, 4) is 11.3 Å². The highest BCUT2D eigenvalue weighted by molar-refractivity contribution is 14.1. The van der Waals surface area contributed by atoms with Crippen molar-refractivity contribution in [3.05, 3.63) is 64.4 Å². The number of H-pyrrole nitrogens is 1. The van der Waals surface area contributed by atoms with E-state index >= 15 is 0 Å². The van der Waals surface area contributed by atoms with Crippen molar-refractivity contribution in [1.29, 1.82) is 0 Å². The summed E-state index contributed by atoms with van der Waals surface area (Å²) in [6.07, 6.45) is 1.84. The van der Waals surface area contributed by atoms with Crippen LogP contribution >= 0.6 is 22.6 Å². The molecule has 3 heteroatoms. The Labute approximate surface area is 130 Å². The molecule has 0 aliphatic rings. The number of hydrogen-bond acceptors (Lipinski definition) is 1. The summed E-state index contributed by atoms with van der Waals surface area (Å²) < 4.78 is 1.21. The number of hydrogen-bond donors (Lipinski definition) is 1. The van der Waals surface area contributed by atoms with E-state index in [1.165, 1.54) is 25.4 Å². The van der Waals surface area contributed by atoms with E-state index in [0.29, 0.717) is 0 Å². The van der Waals surface area contributed by atoms with Gasteiger partial charge in [-0.25, -0.2) is 0 Å². The van der Waals surface area contributed by atoms with Gasteiger partial charge < -0.3 is 4.98 Å². The van der Waals surface area contributed by atoms with Crippen LogP contribution in [0.5, 0.6) is 0 Å². The third-order valence-corrected chi connectivity index (χ3v) is 4.45. The van der Waals surface area contributed by atoms with Crippen LogP contribution in [0.15, 0.2) is 60.8 Å². The predicted molar refractivity (Wildman–Crippen MR) is 91.8 cm³/mol. The molecule has 0 fully saturated rings. The molecule has 4 aromatic rings. The average molecular weight is 370 g/mol. The van der Waals surface area contributed by atoms with E-state index in [4.69, 9.17) is 0 Å². The van der Waals surface area contributed by atoms with Gasteiger partial charge in [0.25, 0.3) is 0 Å². The maximum absolute atomic E-state index is 4.51. The van der Waals surface area contributed by atoms with E-state index in [1.54, 1.807) is 0 Å². The quantitative estimate of drug-likeness (QED) is 0.470. The van der Waals surface area contributed by atoms with Crippen LogP contribution in [0.25, 0.3) is 33.1 Å². The molecule has 96 valence electrons. The highest BCUT2D eigenvalue weighted by Gasteiger charge is 2.13. The molecule has 2 aromatic heterocycles. The lowest BCUT2D eigenvalue weighted by Gasteiger charge is -2.05. The van der Waals surface area contributed by atoms with Crippen molar-refractivity contribution in [2.24, 2.45) is 0 Å². The molecule has 0 aliphatic heterocycles. The number of halogens is 1. The molecule has 0 radical (unpaired) electrons. The lowest BCUT2D eigenvalue weighted by atomic mass is 10.1. The van der Waals surface area contributed by atoms with Gasteiger partial charge in [0.1, 0.15) is 0 Å². The summed E-state index contributed by atoms with van der Waals surface area (Å²) in [5, 5.41) is 2.51. The van der Waals surface area contributed by atoms with Crippen LogP contribution in [0.1, 0.15) is 0 Å². The summed E-state index contributed by atoms with van der Waals surface area (Å²) in [6, 6.07) is 18.8. The van der Waals surface area contributed by atoms with E-state index in [2.05, 4.69) is 75.0 Å². The first-order valence-electron chi connectivity index (χ1n) is 6.45. The van der Waals surface area contributed by atoms with Crippen LogP contribution in [0, 0.1) is 3.57 Å². The summed E-state index contributed by atoms with van der Waals surface area (Å²) in [7, 11) is 0. The SMILES string of the molecule is Ic1ccc2c([nH]c3ccccc32)c1-c1ccccn1. The van der Waals surface area contributed by atoms with Gasteiger partial charge in [0.05, 0.1) is 11.2 Å². The molecule has 2 aromatic carbocycles. The largest absolute Gasteiger partial charge is 0.354 e. The molecule has 2 nitrogen and oxygen atoms in total. The maximum atomic E-state index is 4.51. The monoisotopic (exact) mass is 370 g/mol. The van der Waals surface area contributed by atoms with Crippen molar-refractivity contribution in [1.82, 2.24) is 9.97 Å². The molecule has 0 unspecified atom stereocenters.